The van der Waals surface area contributed by atoms with Crippen LogP contribution in [0.5, 0.6) is 0 Å². The van der Waals surface area contributed by atoms with Gasteiger partial charge in [-0.3, -0.25) is 0 Å². The van der Waals surface area contributed by atoms with Crippen molar-refractivity contribution in [2.24, 2.45) is 0 Å². The minimum Gasteiger partial charge on any atom is -0.444 e. The fourth-order valence-electron chi connectivity index (χ4n) is 3.72. The molecule has 0 unspecified atom stereocenters. The molecule has 1 N–H and O–H groups in total. The first kappa shape index (κ1) is 24.6. The lowest BCUT2D eigenvalue weighted by atomic mass is 10.2. The lowest BCUT2D eigenvalue weighted by Crippen LogP contribution is -2.67. The first-order chi connectivity index (χ1) is 14.5. The van der Waals surface area contributed by atoms with E-state index in [0.717, 1.165) is 10.4 Å². The molecule has 1 amide bonds. The molecular weight excluding hydrogens is 404 g/mol. The van der Waals surface area contributed by atoms with Crippen LogP contribution in [0.2, 0.25) is 5.04 Å². The van der Waals surface area contributed by atoms with Crippen molar-refractivity contribution in [3.63, 3.8) is 0 Å². The molecule has 0 aliphatic carbocycles. The SMILES string of the molecule is CC(C)(C)OC(=O)N[C@@H](CC#N)CO[Si](c1ccccc1)(c1ccccc1)C(C)(C)C. The number of ether oxygens (including phenoxy) is 1. The highest BCUT2D eigenvalue weighted by molar-refractivity contribution is 6.99. The number of nitrogens with one attached hydrogen (secondary N) is 1. The van der Waals surface area contributed by atoms with Gasteiger partial charge in [0.1, 0.15) is 5.60 Å². The van der Waals surface area contributed by atoms with Gasteiger partial charge in [-0.2, -0.15) is 5.26 Å². The molecular formula is C25H34N2O3Si. The molecule has 6 heteroatoms. The van der Waals surface area contributed by atoms with E-state index in [1.165, 1.54) is 0 Å². The van der Waals surface area contributed by atoms with E-state index in [0.29, 0.717) is 0 Å². The number of nitrogens with zero attached hydrogens (tertiary/aromatic N) is 1. The number of carbonyl (C=O) groups is 1. The van der Waals surface area contributed by atoms with E-state index in [4.69, 9.17) is 9.16 Å². The number of rotatable bonds is 7. The van der Waals surface area contributed by atoms with Crippen molar-refractivity contribution in [3.8, 4) is 6.07 Å². The largest absolute Gasteiger partial charge is 0.444 e. The van der Waals surface area contributed by atoms with Crippen molar-refractivity contribution in [1.82, 2.24) is 5.32 Å². The first-order valence-electron chi connectivity index (χ1n) is 10.6. The molecule has 0 radical (unpaired) electrons. The van der Waals surface area contributed by atoms with Crippen molar-refractivity contribution < 1.29 is 14.0 Å². The highest BCUT2D eigenvalue weighted by Gasteiger charge is 2.50. The third-order valence-electron chi connectivity index (χ3n) is 4.98. The predicted molar refractivity (Wildman–Crippen MR) is 127 cm³/mol. The van der Waals surface area contributed by atoms with Gasteiger partial charge in [0.2, 0.25) is 0 Å². The number of alkyl carbamates (subject to hydrolysis) is 1. The van der Waals surface area contributed by atoms with Crippen LogP contribution in [0.4, 0.5) is 4.79 Å². The van der Waals surface area contributed by atoms with Gasteiger partial charge in [0.05, 0.1) is 25.1 Å². The van der Waals surface area contributed by atoms with E-state index >= 15 is 0 Å². The van der Waals surface area contributed by atoms with Gasteiger partial charge in [-0.15, -0.1) is 0 Å². The molecule has 0 aliphatic rings. The number of nitriles is 1. The lowest BCUT2D eigenvalue weighted by Gasteiger charge is -2.43. The summed E-state index contributed by atoms with van der Waals surface area (Å²) in [6.45, 7) is 12.2. The van der Waals surface area contributed by atoms with Gasteiger partial charge in [-0.05, 0) is 36.2 Å². The second-order valence-electron chi connectivity index (χ2n) is 9.68. The Morgan fingerprint density at radius 2 is 1.45 bits per heavy atom. The summed E-state index contributed by atoms with van der Waals surface area (Å²) in [4.78, 5) is 12.3. The van der Waals surface area contributed by atoms with Gasteiger partial charge >= 0.3 is 6.09 Å². The summed E-state index contributed by atoms with van der Waals surface area (Å²) in [5.74, 6) is 0. The van der Waals surface area contributed by atoms with Crippen molar-refractivity contribution in [2.45, 2.75) is 64.6 Å². The molecule has 2 aromatic carbocycles. The summed E-state index contributed by atoms with van der Waals surface area (Å²) in [6.07, 6.45) is -0.406. The molecule has 31 heavy (non-hydrogen) atoms. The zero-order valence-corrected chi connectivity index (χ0v) is 20.4. The van der Waals surface area contributed by atoms with Gasteiger partial charge in [-0.1, -0.05) is 81.4 Å². The molecule has 1 atom stereocenters. The highest BCUT2D eigenvalue weighted by Crippen LogP contribution is 2.36. The number of hydrogen-bond donors (Lipinski definition) is 1. The Balaban J connectivity index is 2.41. The third kappa shape index (κ3) is 6.43. The Labute approximate surface area is 187 Å². The standard InChI is InChI=1S/C25H34N2O3Si/c1-24(2,3)30-23(28)27-20(17-18-26)19-29-31(25(4,5)6,21-13-9-7-10-14-21)22-15-11-8-12-16-22/h7-16,20H,17,19H2,1-6H3,(H,27,28)/t20-/m0/s1. The zero-order chi connectivity index (χ0) is 23.1. The maximum absolute atomic E-state index is 12.3. The molecule has 2 rings (SSSR count). The minimum atomic E-state index is -2.74. The van der Waals surface area contributed by atoms with Crippen LogP contribution in [0.25, 0.3) is 0 Å². The second kappa shape index (κ2) is 10.1. The van der Waals surface area contributed by atoms with Crippen molar-refractivity contribution in [3.05, 3.63) is 60.7 Å². The summed E-state index contributed by atoms with van der Waals surface area (Å²) in [7, 11) is -2.74. The Bertz CT molecular complexity index is 841. The van der Waals surface area contributed by atoms with E-state index < -0.39 is 26.1 Å². The smallest absolute Gasteiger partial charge is 0.407 e. The third-order valence-corrected chi connectivity index (χ3v) is 9.98. The molecule has 5 nitrogen and oxygen atoms in total. The van der Waals surface area contributed by atoms with Gasteiger partial charge in [0.15, 0.2) is 0 Å². The molecule has 166 valence electrons. The van der Waals surface area contributed by atoms with Crippen LogP contribution in [0.15, 0.2) is 60.7 Å². The van der Waals surface area contributed by atoms with Gasteiger partial charge < -0.3 is 14.5 Å². The van der Waals surface area contributed by atoms with Crippen LogP contribution in [0.3, 0.4) is 0 Å². The lowest BCUT2D eigenvalue weighted by molar-refractivity contribution is 0.0487. The van der Waals surface area contributed by atoms with Crippen molar-refractivity contribution >= 4 is 24.8 Å². The van der Waals surface area contributed by atoms with Crippen LogP contribution in [-0.4, -0.2) is 32.7 Å². The molecule has 2 aromatic rings. The van der Waals surface area contributed by atoms with E-state index in [-0.39, 0.29) is 18.1 Å². The van der Waals surface area contributed by atoms with E-state index in [1.54, 1.807) is 0 Å². The van der Waals surface area contributed by atoms with Crippen molar-refractivity contribution in [2.75, 3.05) is 6.61 Å². The Kier molecular flexibility index (Phi) is 8.05. The Hall–Kier alpha value is -2.62. The number of amides is 1. The molecule has 0 heterocycles. The molecule has 0 aliphatic heterocycles. The number of hydrogen-bond acceptors (Lipinski definition) is 4. The summed E-state index contributed by atoms with van der Waals surface area (Å²) in [5, 5.41) is 14.3. The molecule has 0 saturated heterocycles. The molecule has 0 aromatic heterocycles. The maximum atomic E-state index is 12.3. The average molecular weight is 439 g/mol. The fourth-order valence-corrected chi connectivity index (χ4v) is 8.33. The average Bonchev–Trinajstić information content (AvgIpc) is 2.67. The summed E-state index contributed by atoms with van der Waals surface area (Å²) in [5.41, 5.74) is -0.611. The molecule has 0 fully saturated rings. The van der Waals surface area contributed by atoms with E-state index in [1.807, 2.05) is 57.2 Å². The number of carbonyl (C=O) groups excluding carboxylic acids is 1. The Morgan fingerprint density at radius 1 is 0.968 bits per heavy atom. The molecule has 0 bridgehead atoms. The van der Waals surface area contributed by atoms with E-state index in [2.05, 4.69) is 56.4 Å². The van der Waals surface area contributed by atoms with Gasteiger partial charge in [0.25, 0.3) is 8.32 Å². The minimum absolute atomic E-state index is 0.136. The quantitative estimate of drug-likeness (QED) is 0.652. The molecule has 0 saturated carbocycles. The second-order valence-corrected chi connectivity index (χ2v) is 14.0. The normalized spacial score (nSPS) is 13.2. The van der Waals surface area contributed by atoms with Gasteiger partial charge in [0, 0.05) is 0 Å². The predicted octanol–water partition coefficient (Wildman–Crippen LogP) is 4.37. The van der Waals surface area contributed by atoms with Crippen LogP contribution >= 0.6 is 0 Å². The highest BCUT2D eigenvalue weighted by atomic mass is 28.4. The maximum Gasteiger partial charge on any atom is 0.407 e. The van der Waals surface area contributed by atoms with Crippen LogP contribution in [0, 0.1) is 11.3 Å². The number of benzene rings is 2. The van der Waals surface area contributed by atoms with Gasteiger partial charge in [-0.25, -0.2) is 4.79 Å². The summed E-state index contributed by atoms with van der Waals surface area (Å²) >= 11 is 0. The summed E-state index contributed by atoms with van der Waals surface area (Å²) in [6, 6.07) is 22.3. The zero-order valence-electron chi connectivity index (χ0n) is 19.4. The van der Waals surface area contributed by atoms with E-state index in [9.17, 15) is 10.1 Å². The summed E-state index contributed by atoms with van der Waals surface area (Å²) < 4.78 is 12.2. The fraction of sp³-hybridized carbons (Fsp3) is 0.440. The van der Waals surface area contributed by atoms with Crippen molar-refractivity contribution in [1.29, 1.82) is 5.26 Å². The van der Waals surface area contributed by atoms with Crippen LogP contribution < -0.4 is 15.7 Å². The van der Waals surface area contributed by atoms with Crippen LogP contribution in [-0.2, 0) is 9.16 Å². The molecule has 0 spiro atoms. The topological polar surface area (TPSA) is 71.3 Å². The first-order valence-corrected chi connectivity index (χ1v) is 12.5. The monoisotopic (exact) mass is 438 g/mol. The Morgan fingerprint density at radius 3 is 1.84 bits per heavy atom. The van der Waals surface area contributed by atoms with Crippen LogP contribution in [0.1, 0.15) is 48.0 Å².